The number of nitrogens with one attached hydrogen (secondary N) is 3. The van der Waals surface area contributed by atoms with Crippen LogP contribution in [0.4, 0.5) is 0 Å². The van der Waals surface area contributed by atoms with Crippen molar-refractivity contribution in [1.29, 1.82) is 0 Å². The molecular formula is C17H32N4O6S. The largest absolute Gasteiger partial charge is 0.480 e. The van der Waals surface area contributed by atoms with Gasteiger partial charge in [-0.2, -0.15) is 12.6 Å². The number of aliphatic hydroxyl groups is 1. The average Bonchev–Trinajstić information content (AvgIpc) is 2.61. The van der Waals surface area contributed by atoms with E-state index in [0.717, 1.165) is 0 Å². The van der Waals surface area contributed by atoms with Gasteiger partial charge in [0.2, 0.25) is 17.7 Å². The molecule has 0 saturated carbocycles. The standard InChI is InChI=1S/C17H32N4O6S/c1-8(2)5-10(17(26)27)19-15(24)12(7-28)21-14(23)11(6-22)20-16(25)13(18)9(3)4/h8-13,22,28H,5-7,18H2,1-4H3,(H,19,24)(H,20,25)(H,21,23)(H,26,27). The van der Waals surface area contributed by atoms with Crippen molar-refractivity contribution < 1.29 is 29.4 Å². The second kappa shape index (κ2) is 12.6. The molecular weight excluding hydrogens is 388 g/mol. The summed E-state index contributed by atoms with van der Waals surface area (Å²) in [6.45, 7) is 6.40. The number of carbonyl (C=O) groups excluding carboxylic acids is 3. The van der Waals surface area contributed by atoms with Crippen LogP contribution >= 0.6 is 12.6 Å². The lowest BCUT2D eigenvalue weighted by Gasteiger charge is -2.24. The van der Waals surface area contributed by atoms with Gasteiger partial charge in [0.05, 0.1) is 12.6 Å². The fraction of sp³-hybridized carbons (Fsp3) is 0.765. The molecule has 3 amide bonds. The number of hydrogen-bond acceptors (Lipinski definition) is 7. The highest BCUT2D eigenvalue weighted by atomic mass is 32.1. The first kappa shape index (κ1) is 26.1. The lowest BCUT2D eigenvalue weighted by atomic mass is 10.0. The Balaban J connectivity index is 5.00. The molecule has 0 rings (SSSR count). The summed E-state index contributed by atoms with van der Waals surface area (Å²) < 4.78 is 0. The molecule has 0 aliphatic carbocycles. The summed E-state index contributed by atoms with van der Waals surface area (Å²) in [5.74, 6) is -3.58. The topological polar surface area (TPSA) is 171 Å². The zero-order valence-corrected chi connectivity index (χ0v) is 17.5. The Hall–Kier alpha value is -1.85. The molecule has 0 saturated heterocycles. The molecule has 4 unspecified atom stereocenters. The van der Waals surface area contributed by atoms with E-state index >= 15 is 0 Å². The van der Waals surface area contributed by atoms with Crippen LogP contribution in [0, 0.1) is 11.8 Å². The monoisotopic (exact) mass is 420 g/mol. The molecule has 162 valence electrons. The van der Waals surface area contributed by atoms with Gasteiger partial charge in [-0.1, -0.05) is 27.7 Å². The van der Waals surface area contributed by atoms with Crippen molar-refractivity contribution in [3.63, 3.8) is 0 Å². The number of aliphatic hydroxyl groups excluding tert-OH is 1. The Morgan fingerprint density at radius 1 is 0.893 bits per heavy atom. The molecule has 0 radical (unpaired) electrons. The van der Waals surface area contributed by atoms with Crippen molar-refractivity contribution in [2.75, 3.05) is 12.4 Å². The Kier molecular flexibility index (Phi) is 11.7. The second-order valence-electron chi connectivity index (χ2n) is 7.29. The minimum absolute atomic E-state index is 0.0320. The summed E-state index contributed by atoms with van der Waals surface area (Å²) in [5.41, 5.74) is 5.70. The van der Waals surface area contributed by atoms with Crippen LogP contribution in [0.1, 0.15) is 34.1 Å². The van der Waals surface area contributed by atoms with Crippen molar-refractivity contribution in [1.82, 2.24) is 16.0 Å². The van der Waals surface area contributed by atoms with Crippen molar-refractivity contribution in [2.45, 2.75) is 58.3 Å². The highest BCUT2D eigenvalue weighted by Gasteiger charge is 2.30. The molecule has 10 nitrogen and oxygen atoms in total. The number of rotatable bonds is 12. The fourth-order valence-electron chi connectivity index (χ4n) is 2.20. The van der Waals surface area contributed by atoms with E-state index in [2.05, 4.69) is 28.6 Å². The van der Waals surface area contributed by atoms with Crippen LogP contribution in [-0.2, 0) is 19.2 Å². The summed E-state index contributed by atoms with van der Waals surface area (Å²) in [4.78, 5) is 47.9. The maximum absolute atomic E-state index is 12.3. The van der Waals surface area contributed by atoms with Crippen molar-refractivity contribution in [3.05, 3.63) is 0 Å². The molecule has 0 fully saturated rings. The van der Waals surface area contributed by atoms with E-state index in [1.807, 2.05) is 13.8 Å². The number of carbonyl (C=O) groups is 4. The van der Waals surface area contributed by atoms with E-state index in [0.29, 0.717) is 0 Å². The van der Waals surface area contributed by atoms with Gasteiger partial charge in [-0.25, -0.2) is 4.79 Å². The van der Waals surface area contributed by atoms with Crippen LogP contribution in [0.2, 0.25) is 0 Å². The van der Waals surface area contributed by atoms with Crippen LogP contribution < -0.4 is 21.7 Å². The SMILES string of the molecule is CC(C)CC(NC(=O)C(CS)NC(=O)C(CO)NC(=O)C(N)C(C)C)C(=O)O. The first-order chi connectivity index (χ1) is 12.9. The Morgan fingerprint density at radius 3 is 1.75 bits per heavy atom. The fourth-order valence-corrected chi connectivity index (χ4v) is 2.45. The van der Waals surface area contributed by atoms with Crippen molar-refractivity contribution >= 4 is 36.3 Å². The molecule has 0 aromatic carbocycles. The summed E-state index contributed by atoms with van der Waals surface area (Å²) >= 11 is 4.01. The zero-order valence-electron chi connectivity index (χ0n) is 16.6. The molecule has 0 aromatic heterocycles. The number of carboxylic acid groups (broad SMARTS) is 1. The molecule has 28 heavy (non-hydrogen) atoms. The van der Waals surface area contributed by atoms with Crippen molar-refractivity contribution in [3.8, 4) is 0 Å². The lowest BCUT2D eigenvalue weighted by Crippen LogP contribution is -2.59. The molecule has 0 aliphatic heterocycles. The minimum atomic E-state index is -1.31. The number of hydrogen-bond donors (Lipinski definition) is 7. The Labute approximate surface area is 170 Å². The summed E-state index contributed by atoms with van der Waals surface area (Å²) in [6, 6.07) is -4.42. The van der Waals surface area contributed by atoms with Gasteiger partial charge < -0.3 is 31.9 Å². The van der Waals surface area contributed by atoms with Gasteiger partial charge in [0.15, 0.2) is 0 Å². The highest BCUT2D eigenvalue weighted by molar-refractivity contribution is 7.80. The van der Waals surface area contributed by atoms with E-state index in [9.17, 15) is 29.4 Å². The molecule has 4 atom stereocenters. The first-order valence-corrected chi connectivity index (χ1v) is 9.68. The predicted molar refractivity (Wildman–Crippen MR) is 107 cm³/mol. The van der Waals surface area contributed by atoms with Crippen LogP contribution in [-0.4, -0.2) is 70.4 Å². The molecule has 0 heterocycles. The quantitative estimate of drug-likeness (QED) is 0.188. The smallest absolute Gasteiger partial charge is 0.326 e. The van der Waals surface area contributed by atoms with Gasteiger partial charge in [0, 0.05) is 5.75 Å². The number of nitrogens with two attached hydrogens (primary N) is 1. The second-order valence-corrected chi connectivity index (χ2v) is 7.65. The zero-order chi connectivity index (χ0) is 22.0. The van der Waals surface area contributed by atoms with Gasteiger partial charge in [-0.05, 0) is 18.3 Å². The van der Waals surface area contributed by atoms with Crippen LogP contribution in [0.5, 0.6) is 0 Å². The van der Waals surface area contributed by atoms with E-state index in [1.165, 1.54) is 0 Å². The van der Waals surface area contributed by atoms with Crippen molar-refractivity contribution in [2.24, 2.45) is 17.6 Å². The van der Waals surface area contributed by atoms with Gasteiger partial charge in [0.25, 0.3) is 0 Å². The highest BCUT2D eigenvalue weighted by Crippen LogP contribution is 2.06. The number of carboxylic acids is 1. The van der Waals surface area contributed by atoms with Crippen LogP contribution in [0.15, 0.2) is 0 Å². The molecule has 0 spiro atoms. The van der Waals surface area contributed by atoms with E-state index < -0.39 is 54.5 Å². The van der Waals surface area contributed by atoms with E-state index in [1.54, 1.807) is 13.8 Å². The summed E-state index contributed by atoms with van der Waals surface area (Å²) in [6.07, 6.45) is 0.219. The van der Waals surface area contributed by atoms with Gasteiger partial charge >= 0.3 is 5.97 Å². The van der Waals surface area contributed by atoms with Crippen LogP contribution in [0.3, 0.4) is 0 Å². The molecule has 7 N–H and O–H groups in total. The maximum atomic E-state index is 12.3. The lowest BCUT2D eigenvalue weighted by molar-refractivity contribution is -0.142. The van der Waals surface area contributed by atoms with E-state index in [-0.39, 0.29) is 24.0 Å². The van der Waals surface area contributed by atoms with Gasteiger partial charge in [0.1, 0.15) is 18.1 Å². The first-order valence-electron chi connectivity index (χ1n) is 9.05. The third kappa shape index (κ3) is 8.89. The third-order valence-corrected chi connectivity index (χ3v) is 4.34. The predicted octanol–water partition coefficient (Wildman–Crippen LogP) is -1.52. The Bertz CT molecular complexity index is 558. The maximum Gasteiger partial charge on any atom is 0.326 e. The molecule has 11 heteroatoms. The molecule has 0 aromatic rings. The molecule has 0 bridgehead atoms. The van der Waals surface area contributed by atoms with E-state index in [4.69, 9.17) is 5.73 Å². The third-order valence-electron chi connectivity index (χ3n) is 3.97. The average molecular weight is 421 g/mol. The molecule has 0 aliphatic rings. The number of amides is 3. The number of aliphatic carboxylic acids is 1. The number of thiol groups is 1. The van der Waals surface area contributed by atoms with Gasteiger partial charge in [-0.15, -0.1) is 0 Å². The summed E-state index contributed by atoms with van der Waals surface area (Å²) in [7, 11) is 0. The normalized spacial score (nSPS) is 15.5. The minimum Gasteiger partial charge on any atom is -0.480 e. The van der Waals surface area contributed by atoms with Gasteiger partial charge in [-0.3, -0.25) is 14.4 Å². The van der Waals surface area contributed by atoms with Crippen LogP contribution in [0.25, 0.3) is 0 Å². The summed E-state index contributed by atoms with van der Waals surface area (Å²) in [5, 5.41) is 25.6. The Morgan fingerprint density at radius 2 is 1.36 bits per heavy atom.